The largest absolute Gasteiger partial charge is 0.480 e. The van der Waals surface area contributed by atoms with Crippen molar-refractivity contribution in [3.05, 3.63) is 83.4 Å². The minimum absolute atomic E-state index is 0.0652. The minimum Gasteiger partial charge on any atom is -0.480 e. The second-order valence-corrected chi connectivity index (χ2v) is 6.12. The fourth-order valence-electron chi connectivity index (χ4n) is 2.61. The van der Waals surface area contributed by atoms with Gasteiger partial charge in [-0.25, -0.2) is 9.59 Å². The summed E-state index contributed by atoms with van der Waals surface area (Å²) in [6.45, 7) is 3.61. The van der Waals surface area contributed by atoms with Gasteiger partial charge in [0.05, 0.1) is 11.1 Å². The van der Waals surface area contributed by atoms with Crippen LogP contribution in [0.1, 0.15) is 36.6 Å². The summed E-state index contributed by atoms with van der Waals surface area (Å²) in [6.07, 6.45) is 1.51. The summed E-state index contributed by atoms with van der Waals surface area (Å²) < 4.78 is 0. The zero-order valence-corrected chi connectivity index (χ0v) is 15.4. The van der Waals surface area contributed by atoms with Gasteiger partial charge in [0.2, 0.25) is 0 Å². The Balaban J connectivity index is 2.23. The lowest BCUT2D eigenvalue weighted by Gasteiger charge is -2.15. The number of benzene rings is 2. The van der Waals surface area contributed by atoms with E-state index in [1.54, 1.807) is 30.3 Å². The van der Waals surface area contributed by atoms with Crippen LogP contribution < -0.4 is 10.6 Å². The molecule has 2 amide bonds. The Morgan fingerprint density at radius 1 is 0.966 bits per heavy atom. The van der Waals surface area contributed by atoms with Gasteiger partial charge in [-0.2, -0.15) is 0 Å². The van der Waals surface area contributed by atoms with Crippen LogP contribution in [0.25, 0.3) is 0 Å². The molecular formula is C21H20N2O6. The number of rotatable bonds is 9. The minimum atomic E-state index is -1.39. The maximum atomic E-state index is 12.5. The fraction of sp³-hybridized carbons (Fsp3) is 0.143. The monoisotopic (exact) mass is 396 g/mol. The first kappa shape index (κ1) is 21.4. The second kappa shape index (κ2) is 9.84. The van der Waals surface area contributed by atoms with Crippen LogP contribution in [-0.4, -0.2) is 46.6 Å². The van der Waals surface area contributed by atoms with Crippen molar-refractivity contribution in [2.75, 3.05) is 6.54 Å². The normalized spacial score (nSPS) is 11.2. The Bertz CT molecular complexity index is 939. The van der Waals surface area contributed by atoms with E-state index in [0.29, 0.717) is 0 Å². The van der Waals surface area contributed by atoms with Crippen molar-refractivity contribution in [2.45, 2.75) is 12.5 Å². The maximum absolute atomic E-state index is 12.5. The summed E-state index contributed by atoms with van der Waals surface area (Å²) in [4.78, 5) is 47.6. The highest BCUT2D eigenvalue weighted by atomic mass is 16.4. The Morgan fingerprint density at radius 2 is 1.66 bits per heavy atom. The van der Waals surface area contributed by atoms with Gasteiger partial charge in [0.25, 0.3) is 11.8 Å². The molecule has 0 fully saturated rings. The second-order valence-electron chi connectivity index (χ2n) is 6.12. The van der Waals surface area contributed by atoms with Crippen molar-refractivity contribution < 1.29 is 29.4 Å². The smallest absolute Gasteiger partial charge is 0.336 e. The van der Waals surface area contributed by atoms with Crippen LogP contribution in [0.5, 0.6) is 0 Å². The van der Waals surface area contributed by atoms with Crippen molar-refractivity contribution in [1.29, 1.82) is 0 Å². The van der Waals surface area contributed by atoms with E-state index in [2.05, 4.69) is 17.2 Å². The van der Waals surface area contributed by atoms with Crippen molar-refractivity contribution in [2.24, 2.45) is 0 Å². The van der Waals surface area contributed by atoms with Crippen LogP contribution in [0.2, 0.25) is 0 Å². The average Bonchev–Trinajstić information content (AvgIpc) is 2.71. The van der Waals surface area contributed by atoms with E-state index in [0.717, 1.165) is 11.6 Å². The number of nitrogens with one attached hydrogen (secondary N) is 2. The van der Waals surface area contributed by atoms with Gasteiger partial charge in [-0.15, -0.1) is 6.58 Å². The highest BCUT2D eigenvalue weighted by Crippen LogP contribution is 2.14. The van der Waals surface area contributed by atoms with Crippen LogP contribution in [0.15, 0.2) is 61.2 Å². The van der Waals surface area contributed by atoms with Crippen molar-refractivity contribution in [1.82, 2.24) is 10.6 Å². The molecule has 1 atom stereocenters. The molecule has 0 unspecified atom stereocenters. The lowest BCUT2D eigenvalue weighted by atomic mass is 10.0. The molecule has 0 aliphatic carbocycles. The van der Waals surface area contributed by atoms with Crippen LogP contribution in [-0.2, 0) is 11.2 Å². The standard InChI is InChI=1S/C21H20N2O6/c1-2-10-22-19(25)15-9-8-14(12-16(15)20(26)27)18(24)23-17(21(28)29)11-13-6-4-3-5-7-13/h2-9,12,17H,1,10-11H2,(H,22,25)(H,23,24)(H,26,27)(H,28,29)/t17-/m1/s1. The topological polar surface area (TPSA) is 133 Å². The van der Waals surface area contributed by atoms with Crippen LogP contribution in [0.4, 0.5) is 0 Å². The summed E-state index contributed by atoms with van der Waals surface area (Å²) in [5, 5.41) is 23.6. The molecule has 29 heavy (non-hydrogen) atoms. The third-order valence-electron chi connectivity index (χ3n) is 4.05. The van der Waals surface area contributed by atoms with Gasteiger partial charge in [0.15, 0.2) is 0 Å². The number of carbonyl (C=O) groups excluding carboxylic acids is 2. The predicted octanol–water partition coefficient (Wildman–Crippen LogP) is 1.73. The molecule has 0 spiro atoms. The average molecular weight is 396 g/mol. The zero-order valence-electron chi connectivity index (χ0n) is 15.4. The first-order valence-electron chi connectivity index (χ1n) is 8.67. The van der Waals surface area contributed by atoms with Crippen molar-refractivity contribution >= 4 is 23.8 Å². The molecule has 8 heteroatoms. The summed E-state index contributed by atoms with van der Waals surface area (Å²) in [7, 11) is 0. The highest BCUT2D eigenvalue weighted by Gasteiger charge is 2.23. The number of carbonyl (C=O) groups is 4. The van der Waals surface area contributed by atoms with Gasteiger partial charge in [-0.3, -0.25) is 9.59 Å². The Labute approximate surface area is 166 Å². The molecule has 4 N–H and O–H groups in total. The van der Waals surface area contributed by atoms with E-state index in [1.165, 1.54) is 18.2 Å². The van der Waals surface area contributed by atoms with Gasteiger partial charge >= 0.3 is 11.9 Å². The molecule has 0 saturated heterocycles. The molecule has 0 radical (unpaired) electrons. The van der Waals surface area contributed by atoms with Gasteiger partial charge < -0.3 is 20.8 Å². The molecule has 0 bridgehead atoms. The van der Waals surface area contributed by atoms with E-state index in [4.69, 9.17) is 0 Å². The molecule has 0 aliphatic heterocycles. The molecule has 0 saturated carbocycles. The number of aliphatic carboxylic acids is 1. The van der Waals surface area contributed by atoms with E-state index >= 15 is 0 Å². The lowest BCUT2D eigenvalue weighted by Crippen LogP contribution is -2.42. The van der Waals surface area contributed by atoms with Gasteiger partial charge in [-0.1, -0.05) is 36.4 Å². The maximum Gasteiger partial charge on any atom is 0.336 e. The number of hydrogen-bond donors (Lipinski definition) is 4. The van der Waals surface area contributed by atoms with E-state index in [9.17, 15) is 29.4 Å². The molecule has 0 heterocycles. The van der Waals surface area contributed by atoms with Crippen molar-refractivity contribution in [3.63, 3.8) is 0 Å². The van der Waals surface area contributed by atoms with Gasteiger partial charge in [-0.05, 0) is 23.8 Å². The Kier molecular flexibility index (Phi) is 7.25. The summed E-state index contributed by atoms with van der Waals surface area (Å²) in [5.41, 5.74) is 0.173. The molecule has 2 rings (SSSR count). The number of carboxylic acids is 2. The zero-order chi connectivity index (χ0) is 21.4. The number of hydrogen-bond acceptors (Lipinski definition) is 4. The van der Waals surface area contributed by atoms with E-state index < -0.39 is 29.8 Å². The number of amides is 2. The number of carboxylic acid groups (broad SMARTS) is 2. The SMILES string of the molecule is C=CCNC(=O)c1ccc(C(=O)N[C@H](Cc2ccccc2)C(=O)O)cc1C(=O)O. The number of aromatic carboxylic acids is 1. The third kappa shape index (κ3) is 5.77. The summed E-state index contributed by atoms with van der Waals surface area (Å²) in [6, 6.07) is 11.1. The van der Waals surface area contributed by atoms with Gasteiger partial charge in [0, 0.05) is 18.5 Å². The van der Waals surface area contributed by atoms with Crippen LogP contribution in [0.3, 0.4) is 0 Å². The van der Waals surface area contributed by atoms with Crippen LogP contribution in [0, 0.1) is 0 Å². The fourth-order valence-corrected chi connectivity index (χ4v) is 2.61. The molecule has 0 aromatic heterocycles. The Morgan fingerprint density at radius 3 is 2.24 bits per heavy atom. The first-order valence-corrected chi connectivity index (χ1v) is 8.67. The highest BCUT2D eigenvalue weighted by molar-refractivity contribution is 6.07. The molecule has 8 nitrogen and oxygen atoms in total. The van der Waals surface area contributed by atoms with Crippen molar-refractivity contribution in [3.8, 4) is 0 Å². The molecule has 150 valence electrons. The third-order valence-corrected chi connectivity index (χ3v) is 4.05. The van der Waals surface area contributed by atoms with E-state index in [-0.39, 0.29) is 29.7 Å². The summed E-state index contributed by atoms with van der Waals surface area (Å²) >= 11 is 0. The quantitative estimate of drug-likeness (QED) is 0.477. The Hall–Kier alpha value is -3.94. The molecular weight excluding hydrogens is 376 g/mol. The van der Waals surface area contributed by atoms with Crippen LogP contribution >= 0.6 is 0 Å². The summed E-state index contributed by atoms with van der Waals surface area (Å²) in [5.74, 6) is -3.99. The van der Waals surface area contributed by atoms with Gasteiger partial charge in [0.1, 0.15) is 6.04 Å². The first-order chi connectivity index (χ1) is 13.8. The van der Waals surface area contributed by atoms with E-state index in [1.807, 2.05) is 0 Å². The lowest BCUT2D eigenvalue weighted by molar-refractivity contribution is -0.139. The predicted molar refractivity (Wildman–Crippen MR) is 105 cm³/mol. The molecule has 0 aliphatic rings. The molecule has 2 aromatic carbocycles. The molecule has 2 aromatic rings.